The number of nitrogens with one attached hydrogen (secondary N) is 2. The van der Waals surface area contributed by atoms with Crippen molar-refractivity contribution in [2.75, 3.05) is 5.32 Å². The molecule has 0 aliphatic rings. The van der Waals surface area contributed by atoms with Crippen molar-refractivity contribution >= 4 is 12.1 Å². The van der Waals surface area contributed by atoms with Crippen LogP contribution in [0.5, 0.6) is 0 Å². The fourth-order valence-electron chi connectivity index (χ4n) is 3.74. The molecular weight excluding hydrogens is 377 g/mol. The minimum absolute atomic E-state index is 0.156. The zero-order chi connectivity index (χ0) is 20.8. The van der Waals surface area contributed by atoms with Gasteiger partial charge in [-0.25, -0.2) is 9.37 Å². The highest BCUT2D eigenvalue weighted by Gasteiger charge is 2.15. The Labute approximate surface area is 174 Å². The summed E-state index contributed by atoms with van der Waals surface area (Å²) in [4.78, 5) is 18.3. The second-order valence-electron chi connectivity index (χ2n) is 7.26. The van der Waals surface area contributed by atoms with Crippen LogP contribution in [-0.4, -0.2) is 16.4 Å². The van der Waals surface area contributed by atoms with Gasteiger partial charge in [-0.05, 0) is 65.8 Å². The van der Waals surface area contributed by atoms with Gasteiger partial charge in [-0.3, -0.25) is 4.79 Å². The molecule has 0 saturated carbocycles. The van der Waals surface area contributed by atoms with Crippen molar-refractivity contribution < 1.29 is 9.18 Å². The van der Waals surface area contributed by atoms with Gasteiger partial charge < -0.3 is 10.3 Å². The summed E-state index contributed by atoms with van der Waals surface area (Å²) in [5.74, 6) is 0.751. The highest BCUT2D eigenvalue weighted by molar-refractivity contribution is 5.71. The highest BCUT2D eigenvalue weighted by atomic mass is 19.1. The fraction of sp³-hybridized carbons (Fsp3) is 0.120. The number of aromatic nitrogens is 2. The second-order valence-corrected chi connectivity index (χ2v) is 7.26. The third-order valence-corrected chi connectivity index (χ3v) is 5.16. The number of halogens is 1. The molecule has 0 aliphatic carbocycles. The molecule has 1 aromatic heterocycles. The first-order valence-corrected chi connectivity index (χ1v) is 9.84. The van der Waals surface area contributed by atoms with E-state index in [1.54, 1.807) is 6.20 Å². The molecule has 0 radical (unpaired) electrons. The molecule has 5 heteroatoms. The predicted molar refractivity (Wildman–Crippen MR) is 117 cm³/mol. The third-order valence-electron chi connectivity index (χ3n) is 5.16. The molecule has 1 amide bonds. The summed E-state index contributed by atoms with van der Waals surface area (Å²) in [5.41, 5.74) is 5.17. The molecule has 1 atom stereocenters. The van der Waals surface area contributed by atoms with Gasteiger partial charge in [0.2, 0.25) is 6.41 Å². The number of rotatable bonds is 8. The first-order chi connectivity index (χ1) is 14.7. The summed E-state index contributed by atoms with van der Waals surface area (Å²) in [7, 11) is 0. The lowest BCUT2D eigenvalue weighted by Gasteiger charge is -2.19. The Morgan fingerprint density at radius 1 is 0.967 bits per heavy atom. The molecule has 150 valence electrons. The molecule has 4 aromatic rings. The van der Waals surface area contributed by atoms with Crippen LogP contribution in [0.4, 0.5) is 10.1 Å². The molecule has 1 unspecified atom stereocenters. The topological polar surface area (TPSA) is 57.8 Å². The van der Waals surface area contributed by atoms with Gasteiger partial charge in [0.15, 0.2) is 0 Å². The summed E-state index contributed by atoms with van der Waals surface area (Å²) >= 11 is 0. The van der Waals surface area contributed by atoms with Gasteiger partial charge >= 0.3 is 0 Å². The standard InChI is InChI=1S/C25H22FN3O/c26-23-9-7-20(8-10-23)22(15-19-4-2-6-24(16-19)29-17-30)14-18-3-1-5-21(13-18)25-27-11-12-28-25/h1-13,16-17,22H,14-15H2,(H,27,28)(H,29,30). The van der Waals surface area contributed by atoms with Gasteiger partial charge in [-0.15, -0.1) is 0 Å². The Morgan fingerprint density at radius 2 is 1.70 bits per heavy atom. The Hall–Kier alpha value is -3.73. The van der Waals surface area contributed by atoms with Crippen molar-refractivity contribution in [1.82, 2.24) is 9.97 Å². The maximum Gasteiger partial charge on any atom is 0.211 e. The van der Waals surface area contributed by atoms with Crippen LogP contribution in [0, 0.1) is 5.82 Å². The molecule has 0 fully saturated rings. The summed E-state index contributed by atoms with van der Waals surface area (Å²) in [6.45, 7) is 0. The van der Waals surface area contributed by atoms with E-state index in [0.717, 1.165) is 41.0 Å². The van der Waals surface area contributed by atoms with E-state index >= 15 is 0 Å². The maximum atomic E-state index is 13.5. The third kappa shape index (κ3) is 4.81. The smallest absolute Gasteiger partial charge is 0.211 e. The molecule has 30 heavy (non-hydrogen) atoms. The second kappa shape index (κ2) is 9.18. The summed E-state index contributed by atoms with van der Waals surface area (Å²) < 4.78 is 13.5. The van der Waals surface area contributed by atoms with Crippen molar-refractivity contribution in [2.45, 2.75) is 18.8 Å². The number of anilines is 1. The first-order valence-electron chi connectivity index (χ1n) is 9.84. The number of carbonyl (C=O) groups is 1. The van der Waals surface area contributed by atoms with Gasteiger partial charge in [0, 0.05) is 23.6 Å². The van der Waals surface area contributed by atoms with Crippen molar-refractivity contribution in [2.24, 2.45) is 0 Å². The number of imidazole rings is 1. The molecule has 4 rings (SSSR count). The molecule has 2 N–H and O–H groups in total. The van der Waals surface area contributed by atoms with Crippen LogP contribution >= 0.6 is 0 Å². The Kier molecular flexibility index (Phi) is 5.99. The maximum absolute atomic E-state index is 13.5. The van der Waals surface area contributed by atoms with Crippen molar-refractivity contribution in [3.05, 3.63) is 108 Å². The number of hydrogen-bond donors (Lipinski definition) is 2. The van der Waals surface area contributed by atoms with Crippen LogP contribution in [0.15, 0.2) is 85.2 Å². The van der Waals surface area contributed by atoms with E-state index in [9.17, 15) is 9.18 Å². The Bertz CT molecular complexity index is 1110. The average Bonchev–Trinajstić information content (AvgIpc) is 3.30. The quantitative estimate of drug-likeness (QED) is 0.392. The van der Waals surface area contributed by atoms with E-state index in [1.807, 2.05) is 54.7 Å². The molecule has 0 saturated heterocycles. The number of hydrogen-bond acceptors (Lipinski definition) is 2. The van der Waals surface area contributed by atoms with Crippen LogP contribution in [0.1, 0.15) is 22.6 Å². The number of H-pyrrole nitrogens is 1. The Balaban J connectivity index is 1.62. The van der Waals surface area contributed by atoms with E-state index in [4.69, 9.17) is 0 Å². The van der Waals surface area contributed by atoms with Gasteiger partial charge in [0.05, 0.1) is 0 Å². The number of carbonyl (C=O) groups excluding carboxylic acids is 1. The van der Waals surface area contributed by atoms with E-state index in [-0.39, 0.29) is 11.7 Å². The van der Waals surface area contributed by atoms with Crippen LogP contribution in [0.25, 0.3) is 11.4 Å². The van der Waals surface area contributed by atoms with E-state index in [1.165, 1.54) is 17.7 Å². The van der Waals surface area contributed by atoms with Gasteiger partial charge in [-0.2, -0.15) is 0 Å². The largest absolute Gasteiger partial charge is 0.345 e. The SMILES string of the molecule is O=CNc1cccc(CC(Cc2cccc(-c3ncc[nH]3)c2)c2ccc(F)cc2)c1. The van der Waals surface area contributed by atoms with E-state index in [0.29, 0.717) is 6.41 Å². The summed E-state index contributed by atoms with van der Waals surface area (Å²) in [6, 6.07) is 22.8. The molecule has 0 spiro atoms. The Morgan fingerprint density at radius 3 is 2.40 bits per heavy atom. The monoisotopic (exact) mass is 399 g/mol. The number of aromatic amines is 1. The van der Waals surface area contributed by atoms with Crippen molar-refractivity contribution in [3.8, 4) is 11.4 Å². The summed E-state index contributed by atoms with van der Waals surface area (Å²) in [5, 5.41) is 2.70. The lowest BCUT2D eigenvalue weighted by molar-refractivity contribution is -0.105. The first kappa shape index (κ1) is 19.6. The van der Waals surface area contributed by atoms with Crippen LogP contribution in [-0.2, 0) is 17.6 Å². The fourth-order valence-corrected chi connectivity index (χ4v) is 3.74. The number of nitrogens with zero attached hydrogens (tertiary/aromatic N) is 1. The van der Waals surface area contributed by atoms with Gasteiger partial charge in [0.25, 0.3) is 0 Å². The molecule has 0 bridgehead atoms. The molecular formula is C25H22FN3O. The van der Waals surface area contributed by atoms with E-state index in [2.05, 4.69) is 27.4 Å². The zero-order valence-electron chi connectivity index (χ0n) is 16.4. The molecule has 1 heterocycles. The van der Waals surface area contributed by atoms with Gasteiger partial charge in [-0.1, -0.05) is 42.5 Å². The lowest BCUT2D eigenvalue weighted by Crippen LogP contribution is -2.08. The lowest BCUT2D eigenvalue weighted by atomic mass is 9.86. The zero-order valence-corrected chi connectivity index (χ0v) is 16.4. The van der Waals surface area contributed by atoms with Crippen LogP contribution < -0.4 is 5.32 Å². The normalized spacial score (nSPS) is 11.8. The average molecular weight is 399 g/mol. The number of amides is 1. The molecule has 4 nitrogen and oxygen atoms in total. The predicted octanol–water partition coefficient (Wildman–Crippen LogP) is 5.35. The van der Waals surface area contributed by atoms with E-state index < -0.39 is 0 Å². The summed E-state index contributed by atoms with van der Waals surface area (Å²) in [6.07, 6.45) is 5.79. The minimum atomic E-state index is -0.241. The number of benzene rings is 3. The van der Waals surface area contributed by atoms with Crippen LogP contribution in [0.3, 0.4) is 0 Å². The van der Waals surface area contributed by atoms with Crippen molar-refractivity contribution in [3.63, 3.8) is 0 Å². The highest BCUT2D eigenvalue weighted by Crippen LogP contribution is 2.28. The minimum Gasteiger partial charge on any atom is -0.345 e. The van der Waals surface area contributed by atoms with Gasteiger partial charge in [0.1, 0.15) is 11.6 Å². The molecule has 3 aromatic carbocycles. The van der Waals surface area contributed by atoms with Crippen LogP contribution in [0.2, 0.25) is 0 Å². The van der Waals surface area contributed by atoms with Crippen molar-refractivity contribution in [1.29, 1.82) is 0 Å². The molecule has 0 aliphatic heterocycles.